The predicted octanol–water partition coefficient (Wildman–Crippen LogP) is 2.81. The topological polar surface area (TPSA) is 32.3 Å². The van der Waals surface area contributed by atoms with Crippen LogP contribution in [0, 0.1) is 11.3 Å². The number of alkyl halides is 2. The Kier molecular flexibility index (Phi) is 4.90. The first kappa shape index (κ1) is 14.8. The maximum atomic E-state index is 13.0. The third kappa shape index (κ3) is 4.88. The molecule has 0 heterocycles. The number of hydrogen-bond donors (Lipinski definition) is 2. The lowest BCUT2D eigenvalue weighted by Crippen LogP contribution is -2.43. The molecule has 1 aliphatic rings. The molecule has 1 aliphatic carbocycles. The Morgan fingerprint density at radius 3 is 2.47 bits per heavy atom. The molecule has 17 heavy (non-hydrogen) atoms. The lowest BCUT2D eigenvalue weighted by atomic mass is 9.84. The minimum absolute atomic E-state index is 0.00991. The molecule has 0 aromatic heterocycles. The quantitative estimate of drug-likeness (QED) is 0.785. The Morgan fingerprint density at radius 2 is 2.06 bits per heavy atom. The molecule has 0 aromatic carbocycles. The van der Waals surface area contributed by atoms with Gasteiger partial charge in [-0.3, -0.25) is 0 Å². The zero-order chi connectivity index (χ0) is 13.1. The third-order valence-corrected chi connectivity index (χ3v) is 3.62. The van der Waals surface area contributed by atoms with E-state index < -0.39 is 5.92 Å². The molecule has 0 aromatic rings. The van der Waals surface area contributed by atoms with Gasteiger partial charge in [0.1, 0.15) is 0 Å². The van der Waals surface area contributed by atoms with Gasteiger partial charge in [0.15, 0.2) is 0 Å². The van der Waals surface area contributed by atoms with Gasteiger partial charge in [0.2, 0.25) is 5.92 Å². The number of nitrogens with one attached hydrogen (secondary N) is 1. The Bertz CT molecular complexity index is 238. The SMILES string of the molecule is CC(C)(C)C(CCO)NCC1CCC(F)(F)C1. The monoisotopic (exact) mass is 249 g/mol. The predicted molar refractivity (Wildman–Crippen MR) is 65.2 cm³/mol. The lowest BCUT2D eigenvalue weighted by Gasteiger charge is -2.32. The molecular weight excluding hydrogens is 224 g/mol. The molecule has 0 saturated heterocycles. The Balaban J connectivity index is 2.37. The average Bonchev–Trinajstić information content (AvgIpc) is 2.51. The van der Waals surface area contributed by atoms with E-state index in [-0.39, 0.29) is 36.8 Å². The summed E-state index contributed by atoms with van der Waals surface area (Å²) >= 11 is 0. The van der Waals surface area contributed by atoms with Crippen LogP contribution in [0.5, 0.6) is 0 Å². The van der Waals surface area contributed by atoms with Crippen LogP contribution >= 0.6 is 0 Å². The minimum atomic E-state index is -2.46. The summed E-state index contributed by atoms with van der Waals surface area (Å²) in [6.07, 6.45) is 1.32. The van der Waals surface area contributed by atoms with E-state index in [1.54, 1.807) is 0 Å². The molecule has 0 spiro atoms. The van der Waals surface area contributed by atoms with E-state index in [1.165, 1.54) is 0 Å². The van der Waals surface area contributed by atoms with Crippen molar-refractivity contribution in [1.29, 1.82) is 0 Å². The van der Waals surface area contributed by atoms with E-state index in [2.05, 4.69) is 26.1 Å². The maximum absolute atomic E-state index is 13.0. The van der Waals surface area contributed by atoms with Crippen LogP contribution in [0.1, 0.15) is 46.5 Å². The zero-order valence-corrected chi connectivity index (χ0v) is 11.1. The molecule has 1 saturated carbocycles. The van der Waals surface area contributed by atoms with Gasteiger partial charge in [0.25, 0.3) is 0 Å². The molecule has 0 bridgehead atoms. The van der Waals surface area contributed by atoms with Crippen LogP contribution in [0.15, 0.2) is 0 Å². The maximum Gasteiger partial charge on any atom is 0.248 e. The summed E-state index contributed by atoms with van der Waals surface area (Å²) in [5.74, 6) is -2.38. The van der Waals surface area contributed by atoms with Gasteiger partial charge < -0.3 is 10.4 Å². The number of halogens is 2. The third-order valence-electron chi connectivity index (χ3n) is 3.62. The van der Waals surface area contributed by atoms with E-state index in [0.29, 0.717) is 19.4 Å². The van der Waals surface area contributed by atoms with Crippen molar-refractivity contribution in [2.75, 3.05) is 13.2 Å². The number of hydrogen-bond acceptors (Lipinski definition) is 2. The first-order valence-corrected chi connectivity index (χ1v) is 6.47. The number of rotatable bonds is 5. The fourth-order valence-electron chi connectivity index (χ4n) is 2.50. The largest absolute Gasteiger partial charge is 0.396 e. The summed E-state index contributed by atoms with van der Waals surface area (Å²) in [4.78, 5) is 0. The molecule has 0 radical (unpaired) electrons. The van der Waals surface area contributed by atoms with E-state index in [0.717, 1.165) is 0 Å². The van der Waals surface area contributed by atoms with Gasteiger partial charge in [0, 0.05) is 25.5 Å². The second-order valence-electron chi connectivity index (χ2n) is 6.30. The van der Waals surface area contributed by atoms with E-state index in [1.807, 2.05) is 0 Å². The van der Waals surface area contributed by atoms with Crippen molar-refractivity contribution in [1.82, 2.24) is 5.32 Å². The first-order chi connectivity index (χ1) is 7.74. The lowest BCUT2D eigenvalue weighted by molar-refractivity contribution is 0.00478. The molecule has 2 nitrogen and oxygen atoms in total. The second-order valence-corrected chi connectivity index (χ2v) is 6.30. The van der Waals surface area contributed by atoms with Crippen LogP contribution in [0.3, 0.4) is 0 Å². The van der Waals surface area contributed by atoms with Crippen molar-refractivity contribution in [2.45, 2.75) is 58.4 Å². The van der Waals surface area contributed by atoms with Crippen molar-refractivity contribution in [3.05, 3.63) is 0 Å². The highest BCUT2D eigenvalue weighted by Gasteiger charge is 2.39. The van der Waals surface area contributed by atoms with E-state index in [4.69, 9.17) is 5.11 Å². The summed E-state index contributed by atoms with van der Waals surface area (Å²) < 4.78 is 26.1. The number of aliphatic hydroxyl groups excluding tert-OH is 1. The van der Waals surface area contributed by atoms with Crippen LogP contribution in [0.4, 0.5) is 8.78 Å². The highest BCUT2D eigenvalue weighted by molar-refractivity contribution is 4.86. The average molecular weight is 249 g/mol. The summed E-state index contributed by atoms with van der Waals surface area (Å²) in [5, 5.41) is 12.4. The normalized spacial score (nSPS) is 26.1. The fourth-order valence-corrected chi connectivity index (χ4v) is 2.50. The summed E-state index contributed by atoms with van der Waals surface area (Å²) in [6, 6.07) is 0.182. The molecule has 4 heteroatoms. The van der Waals surface area contributed by atoms with Gasteiger partial charge in [-0.25, -0.2) is 8.78 Å². The highest BCUT2D eigenvalue weighted by Crippen LogP contribution is 2.38. The zero-order valence-electron chi connectivity index (χ0n) is 11.1. The fraction of sp³-hybridized carbons (Fsp3) is 1.00. The van der Waals surface area contributed by atoms with Crippen LogP contribution in [0.25, 0.3) is 0 Å². The number of aliphatic hydroxyl groups is 1. The van der Waals surface area contributed by atoms with Crippen molar-refractivity contribution in [3.63, 3.8) is 0 Å². The molecule has 0 amide bonds. The van der Waals surface area contributed by atoms with Gasteiger partial charge in [-0.1, -0.05) is 20.8 Å². The molecule has 0 aliphatic heterocycles. The molecule has 1 fully saturated rings. The van der Waals surface area contributed by atoms with Crippen LogP contribution in [0.2, 0.25) is 0 Å². The van der Waals surface area contributed by atoms with Crippen LogP contribution < -0.4 is 5.32 Å². The highest BCUT2D eigenvalue weighted by atomic mass is 19.3. The molecule has 2 unspecified atom stereocenters. The second kappa shape index (κ2) is 5.61. The Morgan fingerprint density at radius 1 is 1.41 bits per heavy atom. The van der Waals surface area contributed by atoms with Crippen LogP contribution in [-0.2, 0) is 0 Å². The Labute approximate surface area is 103 Å². The first-order valence-electron chi connectivity index (χ1n) is 6.47. The van der Waals surface area contributed by atoms with Crippen molar-refractivity contribution >= 4 is 0 Å². The van der Waals surface area contributed by atoms with Gasteiger partial charge in [-0.2, -0.15) is 0 Å². The molecular formula is C13H25F2NO. The smallest absolute Gasteiger partial charge is 0.248 e. The van der Waals surface area contributed by atoms with Gasteiger partial charge in [-0.05, 0) is 30.7 Å². The molecule has 2 N–H and O–H groups in total. The summed E-state index contributed by atoms with van der Waals surface area (Å²) in [5.41, 5.74) is 0.0455. The minimum Gasteiger partial charge on any atom is -0.396 e. The molecule has 102 valence electrons. The summed E-state index contributed by atoms with van der Waals surface area (Å²) in [7, 11) is 0. The standard InChI is InChI=1S/C13H25F2NO/c1-12(2,3)11(5-7-17)16-9-10-4-6-13(14,15)8-10/h10-11,16-17H,4-9H2,1-3H3. The molecule has 1 rings (SSSR count). The molecule has 2 atom stereocenters. The summed E-state index contributed by atoms with van der Waals surface area (Å²) in [6.45, 7) is 7.07. The Hall–Kier alpha value is -0.220. The van der Waals surface area contributed by atoms with Crippen molar-refractivity contribution in [2.24, 2.45) is 11.3 Å². The van der Waals surface area contributed by atoms with Gasteiger partial charge in [-0.15, -0.1) is 0 Å². The van der Waals surface area contributed by atoms with Gasteiger partial charge in [0.05, 0.1) is 0 Å². The van der Waals surface area contributed by atoms with Gasteiger partial charge >= 0.3 is 0 Å². The van der Waals surface area contributed by atoms with Crippen molar-refractivity contribution in [3.8, 4) is 0 Å². The van der Waals surface area contributed by atoms with E-state index >= 15 is 0 Å². The van der Waals surface area contributed by atoms with Crippen molar-refractivity contribution < 1.29 is 13.9 Å². The van der Waals surface area contributed by atoms with Crippen LogP contribution in [-0.4, -0.2) is 30.2 Å². The van der Waals surface area contributed by atoms with E-state index in [9.17, 15) is 8.78 Å².